The minimum Gasteiger partial charge on any atom is -0.387 e. The smallest absolute Gasteiger partial charge is 0.0963 e. The summed E-state index contributed by atoms with van der Waals surface area (Å²) < 4.78 is 0. The highest BCUT2D eigenvalue weighted by Gasteiger charge is 2.24. The van der Waals surface area contributed by atoms with Gasteiger partial charge in [0.25, 0.3) is 0 Å². The topological polar surface area (TPSA) is 56.4 Å². The van der Waals surface area contributed by atoms with Crippen molar-refractivity contribution in [2.24, 2.45) is 11.1 Å². The fourth-order valence-electron chi connectivity index (χ4n) is 2.58. The second-order valence-corrected chi connectivity index (χ2v) is 6.65. The van der Waals surface area contributed by atoms with Gasteiger partial charge in [0.15, 0.2) is 0 Å². The maximum Gasteiger partial charge on any atom is 0.0963 e. The molecule has 4 nitrogen and oxygen atoms in total. The molecule has 1 aromatic carbocycles. The lowest BCUT2D eigenvalue weighted by atomic mass is 9.88. The van der Waals surface area contributed by atoms with E-state index in [9.17, 15) is 0 Å². The van der Waals surface area contributed by atoms with Gasteiger partial charge < -0.3 is 10.6 Å². The van der Waals surface area contributed by atoms with Crippen LogP contribution in [0.1, 0.15) is 25.8 Å². The Bertz CT molecular complexity index is 447. The van der Waals surface area contributed by atoms with Gasteiger partial charge >= 0.3 is 0 Å². The zero-order valence-electron chi connectivity index (χ0n) is 13.3. The average Bonchev–Trinajstić information content (AvgIpc) is 2.47. The van der Waals surface area contributed by atoms with Gasteiger partial charge in [0.05, 0.1) is 5.84 Å². The van der Waals surface area contributed by atoms with Crippen molar-refractivity contribution in [3.63, 3.8) is 0 Å². The lowest BCUT2D eigenvalue weighted by molar-refractivity contribution is 0.120. The molecule has 1 fully saturated rings. The molecule has 1 aliphatic heterocycles. The molecule has 0 bridgehead atoms. The molecule has 0 saturated carbocycles. The van der Waals surface area contributed by atoms with Crippen LogP contribution < -0.4 is 5.73 Å². The van der Waals surface area contributed by atoms with Gasteiger partial charge in [-0.1, -0.05) is 44.2 Å². The first-order valence-corrected chi connectivity index (χ1v) is 7.80. The number of nitrogens with one attached hydrogen (secondary N) is 1. The number of hydrogen-bond donors (Lipinski definition) is 2. The maximum atomic E-state index is 7.62. The molecule has 3 N–H and O–H groups in total. The highest BCUT2D eigenvalue weighted by Crippen LogP contribution is 2.20. The molecule has 4 heteroatoms. The van der Waals surface area contributed by atoms with Gasteiger partial charge in [-0.3, -0.25) is 10.3 Å². The first-order chi connectivity index (χ1) is 9.97. The largest absolute Gasteiger partial charge is 0.387 e. The van der Waals surface area contributed by atoms with E-state index in [-0.39, 0.29) is 5.41 Å². The SMILES string of the molecule is CC(C)(CCN1CCN(Cc2ccccc2)CC1)C(=N)N. The second kappa shape index (κ2) is 7.05. The second-order valence-electron chi connectivity index (χ2n) is 6.65. The van der Waals surface area contributed by atoms with Crippen molar-refractivity contribution in [1.29, 1.82) is 5.41 Å². The summed E-state index contributed by atoms with van der Waals surface area (Å²) in [5.74, 6) is 0.296. The molecule has 0 spiro atoms. The summed E-state index contributed by atoms with van der Waals surface area (Å²) in [4.78, 5) is 5.01. The zero-order valence-corrected chi connectivity index (χ0v) is 13.3. The Balaban J connectivity index is 1.72. The van der Waals surface area contributed by atoms with Crippen molar-refractivity contribution in [3.05, 3.63) is 35.9 Å². The predicted molar refractivity (Wildman–Crippen MR) is 88.5 cm³/mol. The third kappa shape index (κ3) is 4.83. The van der Waals surface area contributed by atoms with Gasteiger partial charge in [0.2, 0.25) is 0 Å². The first-order valence-electron chi connectivity index (χ1n) is 7.80. The van der Waals surface area contributed by atoms with Gasteiger partial charge in [-0.25, -0.2) is 0 Å². The summed E-state index contributed by atoms with van der Waals surface area (Å²) >= 11 is 0. The molecule has 2 rings (SSSR count). The molecule has 1 aliphatic rings. The van der Waals surface area contributed by atoms with Crippen LogP contribution in [0.15, 0.2) is 30.3 Å². The quantitative estimate of drug-likeness (QED) is 0.623. The van der Waals surface area contributed by atoms with Gasteiger partial charge in [0.1, 0.15) is 0 Å². The minimum atomic E-state index is -0.179. The van der Waals surface area contributed by atoms with Crippen molar-refractivity contribution in [2.75, 3.05) is 32.7 Å². The summed E-state index contributed by atoms with van der Waals surface area (Å²) in [6, 6.07) is 10.7. The number of nitrogens with two attached hydrogens (primary N) is 1. The number of benzene rings is 1. The van der Waals surface area contributed by atoms with Crippen LogP contribution in [0.4, 0.5) is 0 Å². The Morgan fingerprint density at radius 1 is 1.10 bits per heavy atom. The monoisotopic (exact) mass is 288 g/mol. The normalized spacial score (nSPS) is 17.8. The van der Waals surface area contributed by atoms with Crippen LogP contribution in [0.2, 0.25) is 0 Å². The van der Waals surface area contributed by atoms with E-state index >= 15 is 0 Å². The summed E-state index contributed by atoms with van der Waals surface area (Å²) in [6.07, 6.45) is 0.959. The molecule has 1 aromatic rings. The first kappa shape index (κ1) is 16.0. The van der Waals surface area contributed by atoms with Crippen LogP contribution in [0, 0.1) is 10.8 Å². The minimum absolute atomic E-state index is 0.179. The molecular formula is C17H28N4. The molecule has 21 heavy (non-hydrogen) atoms. The van der Waals surface area contributed by atoms with E-state index in [4.69, 9.17) is 11.1 Å². The molecule has 1 saturated heterocycles. The van der Waals surface area contributed by atoms with E-state index in [0.717, 1.165) is 45.7 Å². The molecule has 0 radical (unpaired) electrons. The predicted octanol–water partition coefficient (Wildman–Crippen LogP) is 2.16. The number of piperazine rings is 1. The van der Waals surface area contributed by atoms with Gasteiger partial charge in [-0.05, 0) is 18.5 Å². The van der Waals surface area contributed by atoms with Crippen molar-refractivity contribution in [2.45, 2.75) is 26.8 Å². The number of nitrogens with zero attached hydrogens (tertiary/aromatic N) is 2. The summed E-state index contributed by atoms with van der Waals surface area (Å²) in [5.41, 5.74) is 6.86. The number of amidine groups is 1. The van der Waals surface area contributed by atoms with Crippen molar-refractivity contribution < 1.29 is 0 Å². The Morgan fingerprint density at radius 2 is 1.67 bits per heavy atom. The fourth-order valence-corrected chi connectivity index (χ4v) is 2.58. The Labute approximate surface area is 128 Å². The Kier molecular flexibility index (Phi) is 5.37. The lowest BCUT2D eigenvalue weighted by Gasteiger charge is -2.36. The summed E-state index contributed by atoms with van der Waals surface area (Å²) in [7, 11) is 0. The van der Waals surface area contributed by atoms with Crippen LogP contribution in [-0.4, -0.2) is 48.4 Å². The van der Waals surface area contributed by atoms with Gasteiger partial charge in [0, 0.05) is 38.1 Å². The Morgan fingerprint density at radius 3 is 2.24 bits per heavy atom. The molecule has 0 atom stereocenters. The number of hydrogen-bond acceptors (Lipinski definition) is 3. The van der Waals surface area contributed by atoms with Gasteiger partial charge in [-0.15, -0.1) is 0 Å². The van der Waals surface area contributed by atoms with E-state index in [1.165, 1.54) is 5.56 Å². The molecule has 0 aromatic heterocycles. The van der Waals surface area contributed by atoms with Crippen molar-refractivity contribution in [1.82, 2.24) is 9.80 Å². The van der Waals surface area contributed by atoms with Crippen LogP contribution >= 0.6 is 0 Å². The van der Waals surface area contributed by atoms with E-state index < -0.39 is 0 Å². The van der Waals surface area contributed by atoms with E-state index in [1.54, 1.807) is 0 Å². The van der Waals surface area contributed by atoms with E-state index in [2.05, 4.69) is 54.0 Å². The average molecular weight is 288 g/mol. The Hall–Kier alpha value is -1.39. The molecule has 0 aliphatic carbocycles. The standard InChI is InChI=1S/C17H28N4/c1-17(2,16(18)19)8-9-20-10-12-21(13-11-20)14-15-6-4-3-5-7-15/h3-7H,8-14H2,1-2H3,(H3,18,19). The zero-order chi connectivity index (χ0) is 15.3. The molecule has 116 valence electrons. The van der Waals surface area contributed by atoms with Crippen LogP contribution in [-0.2, 0) is 6.54 Å². The van der Waals surface area contributed by atoms with Gasteiger partial charge in [-0.2, -0.15) is 0 Å². The third-order valence-electron chi connectivity index (χ3n) is 4.50. The summed E-state index contributed by atoms with van der Waals surface area (Å²) in [5, 5.41) is 7.62. The lowest BCUT2D eigenvalue weighted by Crippen LogP contribution is -2.47. The fraction of sp³-hybridized carbons (Fsp3) is 0.588. The van der Waals surface area contributed by atoms with E-state index in [0.29, 0.717) is 5.84 Å². The van der Waals surface area contributed by atoms with Crippen molar-refractivity contribution >= 4 is 5.84 Å². The molecule has 1 heterocycles. The highest BCUT2D eigenvalue weighted by atomic mass is 15.3. The highest BCUT2D eigenvalue weighted by molar-refractivity contribution is 5.82. The van der Waals surface area contributed by atoms with Crippen LogP contribution in [0.3, 0.4) is 0 Å². The third-order valence-corrected chi connectivity index (χ3v) is 4.50. The molecule has 0 amide bonds. The number of rotatable bonds is 6. The van der Waals surface area contributed by atoms with Crippen LogP contribution in [0.25, 0.3) is 0 Å². The van der Waals surface area contributed by atoms with E-state index in [1.807, 2.05) is 0 Å². The van der Waals surface area contributed by atoms with Crippen LogP contribution in [0.5, 0.6) is 0 Å². The molecular weight excluding hydrogens is 260 g/mol. The maximum absolute atomic E-state index is 7.62. The molecule has 0 unspecified atom stereocenters. The van der Waals surface area contributed by atoms with Crippen molar-refractivity contribution in [3.8, 4) is 0 Å². The summed E-state index contributed by atoms with van der Waals surface area (Å²) in [6.45, 7) is 10.7.